The molecule has 3 nitrogen and oxygen atoms in total. The van der Waals surface area contributed by atoms with E-state index >= 15 is 0 Å². The molecule has 0 heterocycles. The third-order valence-corrected chi connectivity index (χ3v) is 3.40. The van der Waals surface area contributed by atoms with Crippen LogP contribution in [-0.2, 0) is 6.61 Å². The summed E-state index contributed by atoms with van der Waals surface area (Å²) in [6.45, 7) is 6.83. The first kappa shape index (κ1) is 14.3. The van der Waals surface area contributed by atoms with Gasteiger partial charge in [0.2, 0.25) is 0 Å². The molecule has 2 N–H and O–H groups in total. The van der Waals surface area contributed by atoms with Crippen LogP contribution in [0.3, 0.4) is 0 Å². The maximum absolute atomic E-state index is 5.89. The minimum Gasteiger partial charge on any atom is -0.493 e. The van der Waals surface area contributed by atoms with E-state index in [1.165, 1.54) is 22.3 Å². The van der Waals surface area contributed by atoms with Gasteiger partial charge in [0.05, 0.1) is 7.11 Å². The fourth-order valence-corrected chi connectivity index (χ4v) is 2.39. The lowest BCUT2D eigenvalue weighted by Gasteiger charge is -2.15. The van der Waals surface area contributed by atoms with Crippen LogP contribution in [0.1, 0.15) is 22.3 Å². The van der Waals surface area contributed by atoms with Crippen molar-refractivity contribution in [2.75, 3.05) is 12.8 Å². The summed E-state index contributed by atoms with van der Waals surface area (Å²) < 4.78 is 11.2. The van der Waals surface area contributed by atoms with Crippen LogP contribution in [0.2, 0.25) is 0 Å². The van der Waals surface area contributed by atoms with Crippen LogP contribution in [0.4, 0.5) is 5.69 Å². The van der Waals surface area contributed by atoms with E-state index in [-0.39, 0.29) is 0 Å². The second-order valence-electron chi connectivity index (χ2n) is 5.08. The number of nitrogens with two attached hydrogens (primary N) is 1. The van der Waals surface area contributed by atoms with Crippen molar-refractivity contribution in [2.45, 2.75) is 27.4 Å². The van der Waals surface area contributed by atoms with Crippen molar-refractivity contribution in [1.82, 2.24) is 0 Å². The summed E-state index contributed by atoms with van der Waals surface area (Å²) >= 11 is 0. The van der Waals surface area contributed by atoms with Gasteiger partial charge in [-0.2, -0.15) is 0 Å². The van der Waals surface area contributed by atoms with Gasteiger partial charge in [-0.3, -0.25) is 0 Å². The van der Waals surface area contributed by atoms with Crippen LogP contribution in [0.5, 0.6) is 11.5 Å². The average Bonchev–Trinajstić information content (AvgIpc) is 2.37. The zero-order chi connectivity index (χ0) is 14.7. The lowest BCUT2D eigenvalue weighted by molar-refractivity contribution is 0.283. The summed E-state index contributed by atoms with van der Waals surface area (Å²) in [5.41, 5.74) is 11.4. The molecule has 2 rings (SSSR count). The third kappa shape index (κ3) is 3.05. The molecule has 0 saturated heterocycles. The lowest BCUT2D eigenvalue weighted by atomic mass is 10.0. The van der Waals surface area contributed by atoms with Crippen molar-refractivity contribution in [3.8, 4) is 11.5 Å². The molecule has 0 amide bonds. The van der Waals surface area contributed by atoms with E-state index in [0.29, 0.717) is 23.8 Å². The Bertz CT molecular complexity index is 597. The molecule has 0 unspecified atom stereocenters. The van der Waals surface area contributed by atoms with E-state index in [4.69, 9.17) is 15.2 Å². The molecule has 3 heteroatoms. The molecule has 0 atom stereocenters. The molecule has 2 aromatic rings. The molecule has 0 spiro atoms. The molecule has 0 aromatic heterocycles. The van der Waals surface area contributed by atoms with Gasteiger partial charge in [0.1, 0.15) is 6.61 Å². The fourth-order valence-electron chi connectivity index (χ4n) is 2.39. The largest absolute Gasteiger partial charge is 0.493 e. The zero-order valence-corrected chi connectivity index (χ0v) is 12.5. The Balaban J connectivity index is 2.23. The first-order valence-corrected chi connectivity index (χ1v) is 6.64. The standard InChI is InChI=1S/C17H21NO2/c1-11-7-12(2)15(13(3)8-11)10-20-17-9-14(18)5-6-16(17)19-4/h5-9H,10,18H2,1-4H3. The topological polar surface area (TPSA) is 44.5 Å². The molecular formula is C17H21NO2. The summed E-state index contributed by atoms with van der Waals surface area (Å²) in [5.74, 6) is 1.37. The van der Waals surface area contributed by atoms with Crippen LogP contribution in [0.25, 0.3) is 0 Å². The Hall–Kier alpha value is -2.16. The van der Waals surface area contributed by atoms with Gasteiger partial charge in [-0.05, 0) is 49.6 Å². The molecule has 0 radical (unpaired) electrons. The van der Waals surface area contributed by atoms with Gasteiger partial charge in [-0.15, -0.1) is 0 Å². The van der Waals surface area contributed by atoms with Gasteiger partial charge in [0, 0.05) is 11.8 Å². The van der Waals surface area contributed by atoms with Crippen molar-refractivity contribution < 1.29 is 9.47 Å². The summed E-state index contributed by atoms with van der Waals surface area (Å²) in [5, 5.41) is 0. The van der Waals surface area contributed by atoms with Gasteiger partial charge in [-0.1, -0.05) is 17.7 Å². The summed E-state index contributed by atoms with van der Waals surface area (Å²) in [7, 11) is 1.63. The number of ether oxygens (including phenoxy) is 2. The number of rotatable bonds is 4. The van der Waals surface area contributed by atoms with Crippen molar-refractivity contribution >= 4 is 5.69 Å². The molecule has 0 bridgehead atoms. The Kier molecular flexibility index (Phi) is 4.18. The highest BCUT2D eigenvalue weighted by Gasteiger charge is 2.08. The van der Waals surface area contributed by atoms with Crippen molar-refractivity contribution in [2.24, 2.45) is 0 Å². The number of nitrogen functional groups attached to an aromatic ring is 1. The molecule has 0 aliphatic heterocycles. The van der Waals surface area contributed by atoms with Gasteiger partial charge < -0.3 is 15.2 Å². The Morgan fingerprint density at radius 1 is 0.950 bits per heavy atom. The van der Waals surface area contributed by atoms with Crippen LogP contribution in [0.15, 0.2) is 30.3 Å². The predicted octanol–water partition coefficient (Wildman–Crippen LogP) is 3.78. The SMILES string of the molecule is COc1ccc(N)cc1OCc1c(C)cc(C)cc1C. The number of hydrogen-bond donors (Lipinski definition) is 1. The third-order valence-electron chi connectivity index (χ3n) is 3.40. The minimum absolute atomic E-state index is 0.512. The lowest BCUT2D eigenvalue weighted by Crippen LogP contribution is -2.03. The quantitative estimate of drug-likeness (QED) is 0.861. The van der Waals surface area contributed by atoms with E-state index in [2.05, 4.69) is 32.9 Å². The Morgan fingerprint density at radius 3 is 2.20 bits per heavy atom. The van der Waals surface area contributed by atoms with E-state index in [1.807, 2.05) is 6.07 Å². The van der Waals surface area contributed by atoms with Gasteiger partial charge in [0.15, 0.2) is 11.5 Å². The van der Waals surface area contributed by atoms with E-state index in [1.54, 1.807) is 19.2 Å². The number of hydrogen-bond acceptors (Lipinski definition) is 3. The van der Waals surface area contributed by atoms with Crippen LogP contribution in [0, 0.1) is 20.8 Å². The fraction of sp³-hybridized carbons (Fsp3) is 0.294. The van der Waals surface area contributed by atoms with E-state index < -0.39 is 0 Å². The van der Waals surface area contributed by atoms with Gasteiger partial charge in [-0.25, -0.2) is 0 Å². The molecular weight excluding hydrogens is 250 g/mol. The normalized spacial score (nSPS) is 10.4. The molecule has 0 fully saturated rings. The maximum atomic E-state index is 5.89. The first-order chi connectivity index (χ1) is 9.51. The molecule has 0 aliphatic rings. The molecule has 0 aliphatic carbocycles. The van der Waals surface area contributed by atoms with E-state index in [9.17, 15) is 0 Å². The summed E-state index contributed by atoms with van der Waals surface area (Å²) in [4.78, 5) is 0. The summed E-state index contributed by atoms with van der Waals surface area (Å²) in [6, 6.07) is 9.75. The molecule has 0 saturated carbocycles. The highest BCUT2D eigenvalue weighted by atomic mass is 16.5. The summed E-state index contributed by atoms with van der Waals surface area (Å²) in [6.07, 6.45) is 0. The van der Waals surface area contributed by atoms with Gasteiger partial charge >= 0.3 is 0 Å². The molecule has 106 valence electrons. The second kappa shape index (κ2) is 5.87. The van der Waals surface area contributed by atoms with Crippen molar-refractivity contribution in [1.29, 1.82) is 0 Å². The molecule has 20 heavy (non-hydrogen) atoms. The number of methoxy groups -OCH3 is 1. The monoisotopic (exact) mass is 271 g/mol. The number of aryl methyl sites for hydroxylation is 3. The van der Waals surface area contributed by atoms with Gasteiger partial charge in [0.25, 0.3) is 0 Å². The maximum Gasteiger partial charge on any atom is 0.163 e. The first-order valence-electron chi connectivity index (χ1n) is 6.64. The number of benzene rings is 2. The van der Waals surface area contributed by atoms with Crippen molar-refractivity contribution in [3.05, 3.63) is 52.6 Å². The van der Waals surface area contributed by atoms with Crippen molar-refractivity contribution in [3.63, 3.8) is 0 Å². The Labute approximate surface area is 120 Å². The average molecular weight is 271 g/mol. The second-order valence-corrected chi connectivity index (χ2v) is 5.08. The van der Waals surface area contributed by atoms with Crippen LogP contribution < -0.4 is 15.2 Å². The number of anilines is 1. The predicted molar refractivity (Wildman–Crippen MR) is 82.4 cm³/mol. The van der Waals surface area contributed by atoms with Crippen LogP contribution in [-0.4, -0.2) is 7.11 Å². The van der Waals surface area contributed by atoms with Crippen LogP contribution >= 0.6 is 0 Å². The smallest absolute Gasteiger partial charge is 0.163 e. The zero-order valence-electron chi connectivity index (χ0n) is 12.5. The van der Waals surface area contributed by atoms with E-state index in [0.717, 1.165) is 0 Å². The Morgan fingerprint density at radius 2 is 1.60 bits per heavy atom. The minimum atomic E-state index is 0.512. The highest BCUT2D eigenvalue weighted by Crippen LogP contribution is 2.30. The molecule has 2 aromatic carbocycles. The highest BCUT2D eigenvalue weighted by molar-refractivity contribution is 5.52.